The molecule has 0 atom stereocenters. The van der Waals surface area contributed by atoms with Gasteiger partial charge in [0, 0.05) is 6.54 Å². The van der Waals surface area contributed by atoms with Crippen LogP contribution in [0.2, 0.25) is 0 Å². The maximum absolute atomic E-state index is 6.07. The highest BCUT2D eigenvalue weighted by Gasteiger charge is 2.19. The Kier molecular flexibility index (Phi) is 5.01. The summed E-state index contributed by atoms with van der Waals surface area (Å²) in [5.74, 6) is 0.985. The second kappa shape index (κ2) is 6.06. The summed E-state index contributed by atoms with van der Waals surface area (Å²) in [6, 6.07) is 6.31. The average molecular weight is 235 g/mol. The summed E-state index contributed by atoms with van der Waals surface area (Å²) in [6.45, 7) is 12.5. The summed E-state index contributed by atoms with van der Waals surface area (Å²) in [5, 5.41) is 3.40. The zero-order valence-corrected chi connectivity index (χ0v) is 11.8. The van der Waals surface area contributed by atoms with E-state index in [1.165, 1.54) is 11.1 Å². The first-order valence-electron chi connectivity index (χ1n) is 6.41. The molecule has 96 valence electrons. The van der Waals surface area contributed by atoms with Gasteiger partial charge in [0.05, 0.1) is 0 Å². The standard InChI is InChI=1S/C15H25NO/c1-6-9-16-11-15(4,5)17-14-8-7-12(2)10-13(14)3/h7-8,10,16H,6,9,11H2,1-5H3. The fourth-order valence-electron chi connectivity index (χ4n) is 1.81. The van der Waals surface area contributed by atoms with Gasteiger partial charge in [-0.25, -0.2) is 0 Å². The van der Waals surface area contributed by atoms with Crippen molar-refractivity contribution < 1.29 is 4.74 Å². The summed E-state index contributed by atoms with van der Waals surface area (Å²) in [5.41, 5.74) is 2.31. The van der Waals surface area contributed by atoms with Crippen molar-refractivity contribution in [1.82, 2.24) is 5.32 Å². The Morgan fingerprint density at radius 1 is 1.24 bits per heavy atom. The number of hydrogen-bond acceptors (Lipinski definition) is 2. The van der Waals surface area contributed by atoms with Crippen molar-refractivity contribution in [3.05, 3.63) is 29.3 Å². The minimum atomic E-state index is -0.171. The van der Waals surface area contributed by atoms with Crippen LogP contribution in [-0.4, -0.2) is 18.7 Å². The molecule has 0 aliphatic rings. The predicted molar refractivity (Wildman–Crippen MR) is 73.8 cm³/mol. The molecule has 1 aromatic rings. The molecule has 0 radical (unpaired) electrons. The Hall–Kier alpha value is -1.02. The normalized spacial score (nSPS) is 11.6. The van der Waals surface area contributed by atoms with Gasteiger partial charge in [0.1, 0.15) is 11.4 Å². The topological polar surface area (TPSA) is 21.3 Å². The van der Waals surface area contributed by atoms with Gasteiger partial charge in [0.15, 0.2) is 0 Å². The molecule has 0 bridgehead atoms. The number of aryl methyl sites for hydroxylation is 2. The number of benzene rings is 1. The minimum absolute atomic E-state index is 0.171. The molecule has 0 aliphatic heterocycles. The van der Waals surface area contributed by atoms with E-state index in [9.17, 15) is 0 Å². The van der Waals surface area contributed by atoms with Crippen molar-refractivity contribution in [2.45, 2.75) is 46.6 Å². The van der Waals surface area contributed by atoms with Gasteiger partial charge >= 0.3 is 0 Å². The molecule has 1 N–H and O–H groups in total. The van der Waals surface area contributed by atoms with Crippen LogP contribution in [0.25, 0.3) is 0 Å². The lowest BCUT2D eigenvalue weighted by Crippen LogP contribution is -2.40. The second-order valence-corrected chi connectivity index (χ2v) is 5.31. The number of ether oxygens (including phenoxy) is 1. The van der Waals surface area contributed by atoms with Crippen molar-refractivity contribution in [2.24, 2.45) is 0 Å². The van der Waals surface area contributed by atoms with Gasteiger partial charge in [0.2, 0.25) is 0 Å². The fraction of sp³-hybridized carbons (Fsp3) is 0.600. The van der Waals surface area contributed by atoms with Gasteiger partial charge in [-0.1, -0.05) is 24.6 Å². The van der Waals surface area contributed by atoms with Crippen LogP contribution in [0.15, 0.2) is 18.2 Å². The van der Waals surface area contributed by atoms with E-state index in [2.05, 4.69) is 58.1 Å². The van der Waals surface area contributed by atoms with Crippen molar-refractivity contribution in [3.63, 3.8) is 0 Å². The summed E-state index contributed by atoms with van der Waals surface area (Å²) in [6.07, 6.45) is 1.15. The molecule has 0 aromatic heterocycles. The van der Waals surface area contributed by atoms with Gasteiger partial charge in [-0.2, -0.15) is 0 Å². The summed E-state index contributed by atoms with van der Waals surface area (Å²) >= 11 is 0. The molecular weight excluding hydrogens is 210 g/mol. The molecule has 0 heterocycles. The average Bonchev–Trinajstić information content (AvgIpc) is 2.22. The summed E-state index contributed by atoms with van der Waals surface area (Å²) in [4.78, 5) is 0. The largest absolute Gasteiger partial charge is 0.486 e. The molecular formula is C15H25NO. The quantitative estimate of drug-likeness (QED) is 0.762. The maximum Gasteiger partial charge on any atom is 0.123 e. The third-order valence-corrected chi connectivity index (χ3v) is 2.69. The monoisotopic (exact) mass is 235 g/mol. The number of hydrogen-bond donors (Lipinski definition) is 1. The minimum Gasteiger partial charge on any atom is -0.486 e. The highest BCUT2D eigenvalue weighted by Crippen LogP contribution is 2.23. The van der Waals surface area contributed by atoms with E-state index in [0.29, 0.717) is 0 Å². The molecule has 0 fully saturated rings. The second-order valence-electron chi connectivity index (χ2n) is 5.31. The predicted octanol–water partition coefficient (Wildman–Crippen LogP) is 3.46. The van der Waals surface area contributed by atoms with Gasteiger partial charge in [0.25, 0.3) is 0 Å². The summed E-state index contributed by atoms with van der Waals surface area (Å²) < 4.78 is 6.07. The zero-order valence-electron chi connectivity index (χ0n) is 11.8. The van der Waals surface area contributed by atoms with Crippen LogP contribution in [0.4, 0.5) is 0 Å². The lowest BCUT2D eigenvalue weighted by Gasteiger charge is -2.28. The van der Waals surface area contributed by atoms with Gasteiger partial charge in [-0.05, 0) is 52.3 Å². The molecule has 0 spiro atoms. The summed E-state index contributed by atoms with van der Waals surface area (Å²) in [7, 11) is 0. The molecule has 0 amide bonds. The smallest absolute Gasteiger partial charge is 0.123 e. The highest BCUT2D eigenvalue weighted by molar-refractivity contribution is 5.36. The molecule has 0 saturated carbocycles. The van der Waals surface area contributed by atoms with Crippen LogP contribution < -0.4 is 10.1 Å². The zero-order chi connectivity index (χ0) is 12.9. The van der Waals surface area contributed by atoms with E-state index >= 15 is 0 Å². The van der Waals surface area contributed by atoms with E-state index in [-0.39, 0.29) is 5.60 Å². The third-order valence-electron chi connectivity index (χ3n) is 2.69. The van der Waals surface area contributed by atoms with Crippen LogP contribution in [0, 0.1) is 13.8 Å². The van der Waals surface area contributed by atoms with E-state index in [0.717, 1.165) is 25.3 Å². The number of rotatable bonds is 6. The first-order chi connectivity index (χ1) is 7.94. The van der Waals surface area contributed by atoms with Gasteiger partial charge < -0.3 is 10.1 Å². The molecule has 0 aliphatic carbocycles. The molecule has 2 nitrogen and oxygen atoms in total. The van der Waals surface area contributed by atoms with Crippen molar-refractivity contribution >= 4 is 0 Å². The fourth-order valence-corrected chi connectivity index (χ4v) is 1.81. The van der Waals surface area contributed by atoms with Crippen molar-refractivity contribution in [2.75, 3.05) is 13.1 Å². The number of nitrogens with one attached hydrogen (secondary N) is 1. The van der Waals surface area contributed by atoms with Crippen molar-refractivity contribution in [1.29, 1.82) is 0 Å². The first kappa shape index (κ1) is 14.0. The SMILES string of the molecule is CCCNCC(C)(C)Oc1ccc(C)cc1C. The Morgan fingerprint density at radius 3 is 2.53 bits per heavy atom. The molecule has 0 unspecified atom stereocenters. The highest BCUT2D eigenvalue weighted by atomic mass is 16.5. The first-order valence-corrected chi connectivity index (χ1v) is 6.41. The van der Waals surface area contributed by atoms with E-state index in [1.54, 1.807) is 0 Å². The van der Waals surface area contributed by atoms with Crippen LogP contribution in [-0.2, 0) is 0 Å². The third kappa shape index (κ3) is 4.78. The lowest BCUT2D eigenvalue weighted by atomic mass is 10.1. The van der Waals surface area contributed by atoms with E-state index in [4.69, 9.17) is 4.74 Å². The van der Waals surface area contributed by atoms with E-state index < -0.39 is 0 Å². The Morgan fingerprint density at radius 2 is 1.94 bits per heavy atom. The maximum atomic E-state index is 6.07. The van der Waals surface area contributed by atoms with Crippen LogP contribution in [0.5, 0.6) is 5.75 Å². The lowest BCUT2D eigenvalue weighted by molar-refractivity contribution is 0.107. The Bertz CT molecular complexity index is 358. The van der Waals surface area contributed by atoms with Crippen molar-refractivity contribution in [3.8, 4) is 5.75 Å². The molecule has 1 aromatic carbocycles. The molecule has 0 saturated heterocycles. The Balaban J connectivity index is 2.62. The molecule has 17 heavy (non-hydrogen) atoms. The van der Waals surface area contributed by atoms with Gasteiger partial charge in [-0.15, -0.1) is 0 Å². The van der Waals surface area contributed by atoms with Crippen LogP contribution in [0.1, 0.15) is 38.3 Å². The molecule has 2 heteroatoms. The van der Waals surface area contributed by atoms with E-state index in [1.807, 2.05) is 0 Å². The molecule has 1 rings (SSSR count). The van der Waals surface area contributed by atoms with Gasteiger partial charge in [-0.3, -0.25) is 0 Å². The Labute approximate surface area is 105 Å². The van der Waals surface area contributed by atoms with Crippen LogP contribution in [0.3, 0.4) is 0 Å². The van der Waals surface area contributed by atoms with Crippen LogP contribution >= 0.6 is 0 Å².